The Morgan fingerprint density at radius 1 is 0.359 bits per heavy atom. The molecule has 0 bridgehead atoms. The van der Waals surface area contributed by atoms with Gasteiger partial charge in [-0.2, -0.15) is 0 Å². The number of nitrogens with zero attached hydrogens (tertiary/aromatic N) is 8. The fourth-order valence-corrected chi connectivity index (χ4v) is 4.31. The number of hydrogen-bond donors (Lipinski definition) is 0. The summed E-state index contributed by atoms with van der Waals surface area (Å²) in [6.45, 7) is 19.7. The minimum absolute atomic E-state index is 0. The fourth-order valence-electron chi connectivity index (χ4n) is 4.31. The summed E-state index contributed by atoms with van der Waals surface area (Å²) in [6.07, 6.45) is 7.27. The molecular formula is C40H52Cu2F12N8P2. The summed E-state index contributed by atoms with van der Waals surface area (Å²) in [7, 11) is -21.3. The Balaban J connectivity index is 0. The first-order chi connectivity index (χ1) is 28.0. The minimum Gasteiger partial charge on any atom is 1.00 e. The second-order valence-corrected chi connectivity index (χ2v) is 18.5. The van der Waals surface area contributed by atoms with E-state index in [9.17, 15) is 50.4 Å². The van der Waals surface area contributed by atoms with Crippen molar-refractivity contribution in [2.75, 3.05) is 26.2 Å². The Morgan fingerprint density at radius 3 is 0.656 bits per heavy atom. The number of rotatable bonds is 14. The molecule has 8 nitrogen and oxygen atoms in total. The molecule has 4 rings (SSSR count). The van der Waals surface area contributed by atoms with Crippen LogP contribution in [0.4, 0.5) is 50.4 Å². The van der Waals surface area contributed by atoms with Gasteiger partial charge in [-0.05, 0) is 72.2 Å². The molecule has 0 saturated carbocycles. The average Bonchev–Trinajstić information content (AvgIpc) is 3.12. The van der Waals surface area contributed by atoms with Crippen molar-refractivity contribution in [2.24, 2.45) is 20.0 Å². The third-order valence-corrected chi connectivity index (χ3v) is 7.15. The van der Waals surface area contributed by atoms with Gasteiger partial charge < -0.3 is 0 Å². The number of aliphatic imine (C=N–C) groups is 4. The van der Waals surface area contributed by atoms with Crippen molar-refractivity contribution in [1.29, 1.82) is 0 Å². The van der Waals surface area contributed by atoms with Crippen LogP contribution in [-0.4, -0.2) is 71.0 Å². The van der Waals surface area contributed by atoms with E-state index in [1.807, 2.05) is 97.7 Å². The number of pyridine rings is 4. The van der Waals surface area contributed by atoms with E-state index in [2.05, 4.69) is 95.3 Å². The van der Waals surface area contributed by atoms with E-state index >= 15 is 0 Å². The van der Waals surface area contributed by atoms with E-state index in [1.54, 1.807) is 0 Å². The zero-order valence-electron chi connectivity index (χ0n) is 36.0. The zero-order valence-corrected chi connectivity index (χ0v) is 39.7. The van der Waals surface area contributed by atoms with E-state index in [-0.39, 0.29) is 34.1 Å². The Hall–Kier alpha value is -3.66. The maximum atomic E-state index is 9.87. The van der Waals surface area contributed by atoms with Gasteiger partial charge in [0.15, 0.2) is 0 Å². The second-order valence-electron chi connectivity index (χ2n) is 14.6. The van der Waals surface area contributed by atoms with Gasteiger partial charge in [-0.15, -0.1) is 0 Å². The third kappa shape index (κ3) is 38.8. The molecule has 4 aromatic rings. The van der Waals surface area contributed by atoms with Gasteiger partial charge in [0.05, 0.1) is 49.0 Å². The van der Waals surface area contributed by atoms with Crippen molar-refractivity contribution < 1.29 is 84.5 Å². The standard InChI is InChI=1S/2C20H26N4.2Cu.2F6P/c2*1-15(2)19-9-5-7-17(23-19)13-21-11-12-22-14-18-8-6-10-20(24-18)16(3)4;;;2*1-7(2,3,4,5)6/h2*5-10,13-16H,11-12H2,1-4H3;;;;/q;;2*+1;2*-1. The molecule has 0 aliphatic heterocycles. The van der Waals surface area contributed by atoms with Crippen LogP contribution in [0.25, 0.3) is 0 Å². The SMILES string of the molecule is CC(C)c1cccc(C=NCCN=Cc2cccc(C(C)C)n2)n1.CC(C)c1cccc(C=NCCN=Cc2cccc(C(C)C)n2)n1.F[P-](F)(F)(F)(F)F.F[P-](F)(F)(F)(F)F.[Cu+].[Cu+]. The predicted molar refractivity (Wildman–Crippen MR) is 230 cm³/mol. The van der Waals surface area contributed by atoms with Crippen LogP contribution in [0.15, 0.2) is 92.8 Å². The Kier molecular flexibility index (Phi) is 24.1. The van der Waals surface area contributed by atoms with Crippen LogP contribution in [0.5, 0.6) is 0 Å². The van der Waals surface area contributed by atoms with Crippen molar-refractivity contribution >= 4 is 40.5 Å². The number of aromatic nitrogens is 4. The molecule has 4 aromatic heterocycles. The van der Waals surface area contributed by atoms with Gasteiger partial charge in [0.25, 0.3) is 0 Å². The van der Waals surface area contributed by atoms with E-state index in [1.165, 1.54) is 0 Å². The van der Waals surface area contributed by atoms with Gasteiger partial charge in [0.1, 0.15) is 0 Å². The molecule has 368 valence electrons. The molecule has 0 amide bonds. The molecule has 0 aliphatic rings. The quantitative estimate of drug-likeness (QED) is 0.0413. The van der Waals surface area contributed by atoms with Crippen molar-refractivity contribution in [2.45, 2.75) is 79.1 Å². The minimum atomic E-state index is -10.7. The maximum absolute atomic E-state index is 10.7. The van der Waals surface area contributed by atoms with Crippen LogP contribution in [0.2, 0.25) is 0 Å². The van der Waals surface area contributed by atoms with Crippen LogP contribution in [0.1, 0.15) is 125 Å². The van der Waals surface area contributed by atoms with E-state index in [0.29, 0.717) is 49.9 Å². The predicted octanol–water partition coefficient (Wildman–Crippen LogP) is 15.3. The first-order valence-electron chi connectivity index (χ1n) is 19.0. The monoisotopic (exact) mass is 1060 g/mol. The molecule has 0 unspecified atom stereocenters. The molecule has 0 N–H and O–H groups in total. The van der Waals surface area contributed by atoms with Gasteiger partial charge >= 0.3 is 100 Å². The smallest absolute Gasteiger partial charge is 1.00 e. The van der Waals surface area contributed by atoms with Crippen LogP contribution in [0, 0.1) is 0 Å². The number of hydrogen-bond acceptors (Lipinski definition) is 8. The van der Waals surface area contributed by atoms with Gasteiger partial charge in [-0.3, -0.25) is 39.9 Å². The maximum Gasteiger partial charge on any atom is 1.00 e. The first-order valence-corrected chi connectivity index (χ1v) is 23.1. The summed E-state index contributed by atoms with van der Waals surface area (Å²) in [4.78, 5) is 35.9. The van der Waals surface area contributed by atoms with Crippen molar-refractivity contribution in [3.8, 4) is 0 Å². The van der Waals surface area contributed by atoms with E-state index in [0.717, 1.165) is 45.6 Å². The second kappa shape index (κ2) is 24.7. The molecule has 24 heteroatoms. The largest absolute Gasteiger partial charge is 1.00 e. The summed E-state index contributed by atoms with van der Waals surface area (Å²) in [5.41, 5.74) is 7.96. The van der Waals surface area contributed by atoms with Crippen molar-refractivity contribution in [3.63, 3.8) is 0 Å². The average molecular weight is 1060 g/mol. The van der Waals surface area contributed by atoms with Crippen LogP contribution < -0.4 is 0 Å². The summed E-state index contributed by atoms with van der Waals surface area (Å²) in [5, 5.41) is 0. The van der Waals surface area contributed by atoms with Crippen LogP contribution in [0.3, 0.4) is 0 Å². The normalized spacial score (nSPS) is 14.1. The number of halogens is 12. The Bertz CT molecular complexity index is 1840. The van der Waals surface area contributed by atoms with Crippen LogP contribution in [-0.2, 0) is 34.1 Å². The molecule has 0 aromatic carbocycles. The van der Waals surface area contributed by atoms with Gasteiger partial charge in [-0.1, -0.05) is 79.7 Å². The molecule has 0 fully saturated rings. The molecule has 0 atom stereocenters. The summed E-state index contributed by atoms with van der Waals surface area (Å²) < 4.78 is 118. The Labute approximate surface area is 387 Å². The molecule has 0 radical (unpaired) electrons. The van der Waals surface area contributed by atoms with Crippen molar-refractivity contribution in [1.82, 2.24) is 19.9 Å². The molecule has 64 heavy (non-hydrogen) atoms. The van der Waals surface area contributed by atoms with Crippen molar-refractivity contribution in [3.05, 3.63) is 118 Å². The topological polar surface area (TPSA) is 101 Å². The Morgan fingerprint density at radius 2 is 0.516 bits per heavy atom. The third-order valence-electron chi connectivity index (χ3n) is 7.15. The molecule has 4 heterocycles. The molecule has 0 aliphatic carbocycles. The fraction of sp³-hybridized carbons (Fsp3) is 0.400. The van der Waals surface area contributed by atoms with E-state index < -0.39 is 15.6 Å². The van der Waals surface area contributed by atoms with E-state index in [4.69, 9.17) is 0 Å². The molecular weight excluding hydrogens is 1010 g/mol. The van der Waals surface area contributed by atoms with Gasteiger partial charge in [-0.25, -0.2) is 0 Å². The van der Waals surface area contributed by atoms with Crippen LogP contribution >= 0.6 is 15.6 Å². The van der Waals surface area contributed by atoms with Gasteiger partial charge in [0, 0.05) is 47.6 Å². The summed E-state index contributed by atoms with van der Waals surface area (Å²) >= 11 is 0. The molecule has 0 spiro atoms. The van der Waals surface area contributed by atoms with Gasteiger partial charge in [0.2, 0.25) is 0 Å². The molecule has 0 saturated heterocycles. The summed E-state index contributed by atoms with van der Waals surface area (Å²) in [6, 6.07) is 24.2. The zero-order chi connectivity index (χ0) is 47.5. The first kappa shape index (κ1) is 62.4. The summed E-state index contributed by atoms with van der Waals surface area (Å²) in [5.74, 6) is 1.71.